The summed E-state index contributed by atoms with van der Waals surface area (Å²) in [6.45, 7) is 4.90. The molecule has 1 aliphatic heterocycles. The van der Waals surface area contributed by atoms with Crippen LogP contribution in [0, 0.1) is 13.8 Å². The monoisotopic (exact) mass is 361 g/mol. The Labute approximate surface area is 148 Å². The number of nitrogens with one attached hydrogen (secondary N) is 1. The highest BCUT2D eigenvalue weighted by atomic mass is 32.2. The van der Waals surface area contributed by atoms with Crippen molar-refractivity contribution < 1.29 is 8.42 Å². The summed E-state index contributed by atoms with van der Waals surface area (Å²) in [7, 11) is -3.19. The summed E-state index contributed by atoms with van der Waals surface area (Å²) in [4.78, 5) is 13.5. The summed E-state index contributed by atoms with van der Waals surface area (Å²) >= 11 is 0. The quantitative estimate of drug-likeness (QED) is 0.899. The topological polar surface area (TPSA) is 88.1 Å². The van der Waals surface area contributed by atoms with Gasteiger partial charge in [-0.05, 0) is 38.3 Å². The number of pyridine rings is 1. The molecule has 2 aromatic rings. The molecule has 134 valence electrons. The first-order valence-corrected chi connectivity index (χ1v) is 10.2. The van der Waals surface area contributed by atoms with Crippen molar-refractivity contribution >= 4 is 21.7 Å². The molecule has 1 unspecified atom stereocenters. The summed E-state index contributed by atoms with van der Waals surface area (Å²) in [6.07, 6.45) is 4.69. The minimum absolute atomic E-state index is 0.00811. The maximum absolute atomic E-state index is 11.8. The second kappa shape index (κ2) is 7.05. The zero-order valence-electron chi connectivity index (χ0n) is 14.7. The van der Waals surface area contributed by atoms with Crippen molar-refractivity contribution in [1.29, 1.82) is 0 Å². The summed E-state index contributed by atoms with van der Waals surface area (Å²) in [5.74, 6) is 2.13. The molecule has 0 aliphatic carbocycles. The minimum atomic E-state index is -3.19. The molecule has 2 aromatic heterocycles. The second-order valence-corrected chi connectivity index (χ2v) is 8.49. The lowest BCUT2D eigenvalue weighted by Gasteiger charge is -2.30. The van der Waals surface area contributed by atoms with E-state index in [-0.39, 0.29) is 5.92 Å². The third kappa shape index (κ3) is 4.32. The first-order chi connectivity index (χ1) is 11.8. The Balaban J connectivity index is 1.85. The first kappa shape index (κ1) is 17.8. The van der Waals surface area contributed by atoms with Gasteiger partial charge in [0.25, 0.3) is 0 Å². The highest BCUT2D eigenvalue weighted by Crippen LogP contribution is 2.27. The van der Waals surface area contributed by atoms with Crippen LogP contribution < -0.4 is 5.32 Å². The SMILES string of the molecule is Cc1cc(Nc2ncccc2C)nc(C2CCCN(S(C)(=O)=O)C2)n1. The number of nitrogens with zero attached hydrogens (tertiary/aromatic N) is 4. The fraction of sp³-hybridized carbons (Fsp3) is 0.471. The number of sulfonamides is 1. The zero-order chi connectivity index (χ0) is 18.0. The van der Waals surface area contributed by atoms with Gasteiger partial charge in [0.05, 0.1) is 6.26 Å². The van der Waals surface area contributed by atoms with E-state index >= 15 is 0 Å². The van der Waals surface area contributed by atoms with Gasteiger partial charge in [-0.3, -0.25) is 0 Å². The Kier molecular flexibility index (Phi) is 5.01. The molecule has 1 atom stereocenters. The highest BCUT2D eigenvalue weighted by Gasteiger charge is 2.28. The molecule has 0 bridgehead atoms. The molecule has 0 aromatic carbocycles. The first-order valence-electron chi connectivity index (χ1n) is 8.32. The summed E-state index contributed by atoms with van der Waals surface area (Å²) in [5, 5.41) is 3.24. The van der Waals surface area contributed by atoms with Crippen LogP contribution in [0.15, 0.2) is 24.4 Å². The molecule has 7 nitrogen and oxygen atoms in total. The maximum Gasteiger partial charge on any atom is 0.211 e. The average Bonchev–Trinajstić information content (AvgIpc) is 2.56. The third-order valence-corrected chi connectivity index (χ3v) is 5.62. The van der Waals surface area contributed by atoms with Crippen LogP contribution in [-0.2, 0) is 10.0 Å². The molecule has 0 saturated carbocycles. The van der Waals surface area contributed by atoms with Crippen LogP contribution in [0.3, 0.4) is 0 Å². The Hall–Kier alpha value is -2.06. The smallest absolute Gasteiger partial charge is 0.211 e. The van der Waals surface area contributed by atoms with Gasteiger partial charge in [-0.15, -0.1) is 0 Å². The van der Waals surface area contributed by atoms with Crippen molar-refractivity contribution in [3.05, 3.63) is 41.5 Å². The molecule has 1 fully saturated rings. The predicted molar refractivity (Wildman–Crippen MR) is 97.4 cm³/mol. The van der Waals surface area contributed by atoms with Crippen molar-refractivity contribution in [3.8, 4) is 0 Å². The number of hydrogen-bond acceptors (Lipinski definition) is 6. The number of aryl methyl sites for hydroxylation is 2. The molecule has 3 rings (SSSR count). The van der Waals surface area contributed by atoms with Crippen LogP contribution in [0.5, 0.6) is 0 Å². The molecule has 1 saturated heterocycles. The van der Waals surface area contributed by atoms with Gasteiger partial charge in [-0.2, -0.15) is 0 Å². The van der Waals surface area contributed by atoms with Crippen molar-refractivity contribution in [2.24, 2.45) is 0 Å². The van der Waals surface area contributed by atoms with Crippen LogP contribution in [0.2, 0.25) is 0 Å². The van der Waals surface area contributed by atoms with Crippen molar-refractivity contribution in [2.45, 2.75) is 32.6 Å². The Morgan fingerprint density at radius 2 is 2.08 bits per heavy atom. The predicted octanol–water partition coefficient (Wildman–Crippen LogP) is 2.37. The second-order valence-electron chi connectivity index (χ2n) is 6.51. The van der Waals surface area contributed by atoms with Gasteiger partial charge in [0.2, 0.25) is 10.0 Å². The molecule has 25 heavy (non-hydrogen) atoms. The van der Waals surface area contributed by atoms with E-state index in [0.717, 1.165) is 29.9 Å². The van der Waals surface area contributed by atoms with E-state index < -0.39 is 10.0 Å². The van der Waals surface area contributed by atoms with Crippen molar-refractivity contribution in [2.75, 3.05) is 24.7 Å². The molecular formula is C17H23N5O2S. The molecular weight excluding hydrogens is 338 g/mol. The van der Waals surface area contributed by atoms with Gasteiger partial charge in [-0.1, -0.05) is 6.07 Å². The normalized spacial score (nSPS) is 18.9. The van der Waals surface area contributed by atoms with Crippen LogP contribution in [0.4, 0.5) is 11.6 Å². The molecule has 0 amide bonds. The molecule has 3 heterocycles. The largest absolute Gasteiger partial charge is 0.325 e. The fourth-order valence-corrected chi connectivity index (χ4v) is 3.94. The van der Waals surface area contributed by atoms with E-state index in [2.05, 4.69) is 20.3 Å². The van der Waals surface area contributed by atoms with E-state index in [4.69, 9.17) is 0 Å². The summed E-state index contributed by atoms with van der Waals surface area (Å²) in [5.41, 5.74) is 1.87. The number of aromatic nitrogens is 3. The lowest BCUT2D eigenvalue weighted by Crippen LogP contribution is -2.38. The Morgan fingerprint density at radius 1 is 1.28 bits per heavy atom. The van der Waals surface area contributed by atoms with E-state index in [1.165, 1.54) is 10.6 Å². The van der Waals surface area contributed by atoms with E-state index in [9.17, 15) is 8.42 Å². The summed E-state index contributed by atoms with van der Waals surface area (Å²) in [6, 6.07) is 5.74. The lowest BCUT2D eigenvalue weighted by atomic mass is 9.99. The van der Waals surface area contributed by atoms with Crippen LogP contribution in [0.25, 0.3) is 0 Å². The highest BCUT2D eigenvalue weighted by molar-refractivity contribution is 7.88. The van der Waals surface area contributed by atoms with Gasteiger partial charge < -0.3 is 5.32 Å². The molecule has 0 spiro atoms. The van der Waals surface area contributed by atoms with E-state index in [1.807, 2.05) is 32.0 Å². The maximum atomic E-state index is 11.8. The molecule has 8 heteroatoms. The van der Waals surface area contributed by atoms with Crippen LogP contribution in [0.1, 0.15) is 35.8 Å². The fourth-order valence-electron chi connectivity index (χ4n) is 3.03. The van der Waals surface area contributed by atoms with Gasteiger partial charge >= 0.3 is 0 Å². The van der Waals surface area contributed by atoms with E-state index in [0.29, 0.717) is 24.7 Å². The number of rotatable bonds is 4. The van der Waals surface area contributed by atoms with Crippen molar-refractivity contribution in [1.82, 2.24) is 19.3 Å². The van der Waals surface area contributed by atoms with Crippen LogP contribution in [-0.4, -0.2) is 47.0 Å². The van der Waals surface area contributed by atoms with Crippen molar-refractivity contribution in [3.63, 3.8) is 0 Å². The van der Waals surface area contributed by atoms with Gasteiger partial charge in [0.1, 0.15) is 17.5 Å². The standard InChI is InChI=1S/C17H23N5O2S/c1-12-6-4-8-18-16(12)20-15-10-13(2)19-17(21-15)14-7-5-9-22(11-14)25(3,23)24/h4,6,8,10,14H,5,7,9,11H2,1-3H3,(H,18,19,20,21). The zero-order valence-corrected chi connectivity index (χ0v) is 15.5. The summed E-state index contributed by atoms with van der Waals surface area (Å²) < 4.78 is 25.2. The third-order valence-electron chi connectivity index (χ3n) is 4.35. The average molecular weight is 361 g/mol. The number of anilines is 2. The van der Waals surface area contributed by atoms with Gasteiger partial charge in [-0.25, -0.2) is 27.7 Å². The Morgan fingerprint density at radius 3 is 2.80 bits per heavy atom. The van der Waals surface area contributed by atoms with E-state index in [1.54, 1.807) is 6.20 Å². The van der Waals surface area contributed by atoms with Gasteiger partial charge in [0.15, 0.2) is 0 Å². The molecule has 0 radical (unpaired) electrons. The number of hydrogen-bond donors (Lipinski definition) is 1. The molecule has 1 N–H and O–H groups in total. The molecule has 1 aliphatic rings. The lowest BCUT2D eigenvalue weighted by molar-refractivity contribution is 0.311. The van der Waals surface area contributed by atoms with Crippen LogP contribution >= 0.6 is 0 Å². The van der Waals surface area contributed by atoms with Gasteiger partial charge in [0, 0.05) is 37.0 Å². The Bertz CT molecular complexity index is 869. The number of piperidine rings is 1. The minimum Gasteiger partial charge on any atom is -0.325 e.